The van der Waals surface area contributed by atoms with Crippen molar-refractivity contribution in [1.82, 2.24) is 0 Å². The van der Waals surface area contributed by atoms with Crippen LogP contribution in [0, 0.1) is 0 Å². The van der Waals surface area contributed by atoms with E-state index in [0.29, 0.717) is 0 Å². The Labute approximate surface area is 146 Å². The predicted molar refractivity (Wildman–Crippen MR) is 104 cm³/mol. The largest absolute Gasteiger partial charge is 0.320 e. The molecular weight excluding hydrogens is 314 g/mol. The molecule has 0 fully saturated rings. The molecule has 3 aromatic carbocycles. The Morgan fingerprint density at radius 3 is 2.50 bits per heavy atom. The molecule has 1 aliphatic carbocycles. The average Bonchev–Trinajstić information content (AvgIpc) is 3.46. The smallest absolute Gasteiger partial charge is 0.0604 e. The molecule has 24 heavy (non-hydrogen) atoms. The lowest BCUT2D eigenvalue weighted by Crippen LogP contribution is -1.99. The van der Waals surface area contributed by atoms with Crippen LogP contribution in [0.25, 0.3) is 27.1 Å². The van der Waals surface area contributed by atoms with Crippen LogP contribution in [-0.4, -0.2) is 0 Å². The van der Waals surface area contributed by atoms with Crippen molar-refractivity contribution < 1.29 is 0 Å². The SMILES string of the molecule is Clc1ccc2c(ccc3c(N4C=C4)c(C4=CC=CCC4)ccc32)c1. The summed E-state index contributed by atoms with van der Waals surface area (Å²) < 4.78 is 0. The van der Waals surface area contributed by atoms with Crippen LogP contribution < -0.4 is 4.90 Å². The number of nitrogens with zero attached hydrogens (tertiary/aromatic N) is 1. The van der Waals surface area contributed by atoms with E-state index >= 15 is 0 Å². The Hall–Kier alpha value is -2.51. The molecule has 5 rings (SSSR count). The van der Waals surface area contributed by atoms with Crippen molar-refractivity contribution in [3.63, 3.8) is 0 Å². The Morgan fingerprint density at radius 2 is 1.71 bits per heavy atom. The molecule has 0 saturated carbocycles. The molecule has 2 aliphatic rings. The zero-order chi connectivity index (χ0) is 16.1. The van der Waals surface area contributed by atoms with Gasteiger partial charge >= 0.3 is 0 Å². The van der Waals surface area contributed by atoms with Gasteiger partial charge in [-0.25, -0.2) is 0 Å². The summed E-state index contributed by atoms with van der Waals surface area (Å²) in [4.78, 5) is 2.23. The van der Waals surface area contributed by atoms with Crippen LogP contribution in [0.4, 0.5) is 5.69 Å². The predicted octanol–water partition coefficient (Wildman–Crippen LogP) is 6.67. The van der Waals surface area contributed by atoms with Crippen molar-refractivity contribution in [1.29, 1.82) is 0 Å². The van der Waals surface area contributed by atoms with Gasteiger partial charge in [-0.15, -0.1) is 0 Å². The normalized spacial score (nSPS) is 16.0. The van der Waals surface area contributed by atoms with Gasteiger partial charge in [0.15, 0.2) is 0 Å². The zero-order valence-electron chi connectivity index (χ0n) is 13.2. The monoisotopic (exact) mass is 329 g/mol. The van der Waals surface area contributed by atoms with Gasteiger partial charge in [-0.1, -0.05) is 60.2 Å². The van der Waals surface area contributed by atoms with Crippen LogP contribution in [0.5, 0.6) is 0 Å². The molecule has 0 saturated heterocycles. The van der Waals surface area contributed by atoms with Crippen LogP contribution in [0.2, 0.25) is 5.02 Å². The lowest BCUT2D eigenvalue weighted by molar-refractivity contribution is 1.05. The first-order valence-corrected chi connectivity index (χ1v) is 8.67. The molecule has 0 N–H and O–H groups in total. The molecule has 1 aliphatic heterocycles. The van der Waals surface area contributed by atoms with E-state index in [1.165, 1.54) is 38.4 Å². The Morgan fingerprint density at radius 1 is 0.875 bits per heavy atom. The minimum atomic E-state index is 0.783. The number of halogens is 1. The van der Waals surface area contributed by atoms with Gasteiger partial charge in [-0.2, -0.15) is 0 Å². The third-order valence-corrected chi connectivity index (χ3v) is 5.10. The molecule has 0 spiro atoms. The molecule has 0 unspecified atom stereocenters. The summed E-state index contributed by atoms with van der Waals surface area (Å²) >= 11 is 6.16. The van der Waals surface area contributed by atoms with Crippen molar-refractivity contribution in [2.45, 2.75) is 12.8 Å². The van der Waals surface area contributed by atoms with E-state index in [1.807, 2.05) is 12.1 Å². The number of hydrogen-bond acceptors (Lipinski definition) is 1. The van der Waals surface area contributed by atoms with Gasteiger partial charge in [0.05, 0.1) is 5.69 Å². The summed E-state index contributed by atoms with van der Waals surface area (Å²) in [5.74, 6) is 0. The lowest BCUT2D eigenvalue weighted by Gasteiger charge is -2.19. The van der Waals surface area contributed by atoms with Crippen molar-refractivity contribution in [3.8, 4) is 0 Å². The Kier molecular flexibility index (Phi) is 3.04. The van der Waals surface area contributed by atoms with E-state index in [-0.39, 0.29) is 0 Å². The first-order valence-electron chi connectivity index (χ1n) is 8.29. The van der Waals surface area contributed by atoms with Gasteiger partial charge in [0, 0.05) is 28.4 Å². The minimum absolute atomic E-state index is 0.783. The zero-order valence-corrected chi connectivity index (χ0v) is 13.9. The summed E-state index contributed by atoms with van der Waals surface area (Å²) in [6.07, 6.45) is 13.1. The van der Waals surface area contributed by atoms with Gasteiger partial charge in [-0.05, 0) is 46.7 Å². The first-order chi connectivity index (χ1) is 11.8. The molecule has 0 aromatic heterocycles. The molecule has 0 radical (unpaired) electrons. The highest BCUT2D eigenvalue weighted by atomic mass is 35.5. The highest BCUT2D eigenvalue weighted by molar-refractivity contribution is 6.31. The maximum atomic E-state index is 6.16. The fraction of sp³-hybridized carbons (Fsp3) is 0.0909. The quantitative estimate of drug-likeness (QED) is 0.474. The number of rotatable bonds is 2. The topological polar surface area (TPSA) is 3.01 Å². The summed E-state index contributed by atoms with van der Waals surface area (Å²) in [6, 6.07) is 15.1. The van der Waals surface area contributed by atoms with Crippen molar-refractivity contribution in [2.75, 3.05) is 4.90 Å². The second kappa shape index (κ2) is 5.25. The van der Waals surface area contributed by atoms with E-state index in [1.54, 1.807) is 0 Å². The highest BCUT2D eigenvalue weighted by Gasteiger charge is 2.20. The van der Waals surface area contributed by atoms with E-state index in [4.69, 9.17) is 11.6 Å². The number of benzene rings is 3. The van der Waals surface area contributed by atoms with Crippen molar-refractivity contribution in [3.05, 3.63) is 83.7 Å². The molecule has 0 bridgehead atoms. The third-order valence-electron chi connectivity index (χ3n) is 4.87. The summed E-state index contributed by atoms with van der Waals surface area (Å²) in [7, 11) is 0. The summed E-state index contributed by atoms with van der Waals surface area (Å²) in [5.41, 5.74) is 4.05. The van der Waals surface area contributed by atoms with Gasteiger partial charge in [0.1, 0.15) is 0 Å². The van der Waals surface area contributed by atoms with Crippen LogP contribution in [0.3, 0.4) is 0 Å². The van der Waals surface area contributed by atoms with Gasteiger partial charge in [0.25, 0.3) is 0 Å². The second-order valence-electron chi connectivity index (χ2n) is 6.35. The molecular formula is C22H16ClN. The average molecular weight is 330 g/mol. The Balaban J connectivity index is 1.82. The molecule has 0 atom stereocenters. The minimum Gasteiger partial charge on any atom is -0.320 e. The molecule has 2 heteroatoms. The first kappa shape index (κ1) is 13.9. The maximum Gasteiger partial charge on any atom is 0.0604 e. The maximum absolute atomic E-state index is 6.16. The van der Waals surface area contributed by atoms with Crippen LogP contribution in [-0.2, 0) is 0 Å². The lowest BCUT2D eigenvalue weighted by atomic mass is 9.91. The molecule has 0 amide bonds. The molecule has 116 valence electrons. The number of fused-ring (bicyclic) bond motifs is 3. The second-order valence-corrected chi connectivity index (χ2v) is 6.79. The van der Waals surface area contributed by atoms with Crippen LogP contribution >= 0.6 is 11.6 Å². The summed E-state index contributed by atoms with van der Waals surface area (Å²) in [5, 5.41) is 5.80. The van der Waals surface area contributed by atoms with Gasteiger partial charge < -0.3 is 4.90 Å². The van der Waals surface area contributed by atoms with Crippen LogP contribution in [0.15, 0.2) is 73.1 Å². The Bertz CT molecular complexity index is 1070. The van der Waals surface area contributed by atoms with Gasteiger partial charge in [-0.3, -0.25) is 0 Å². The molecule has 1 heterocycles. The van der Waals surface area contributed by atoms with E-state index < -0.39 is 0 Å². The van der Waals surface area contributed by atoms with E-state index in [0.717, 1.165) is 17.9 Å². The van der Waals surface area contributed by atoms with E-state index in [2.05, 4.69) is 65.9 Å². The fourth-order valence-electron chi connectivity index (χ4n) is 3.65. The summed E-state index contributed by atoms with van der Waals surface area (Å²) in [6.45, 7) is 0. The molecule has 3 aromatic rings. The van der Waals surface area contributed by atoms with Gasteiger partial charge in [0.2, 0.25) is 0 Å². The number of hydrogen-bond donors (Lipinski definition) is 0. The van der Waals surface area contributed by atoms with Crippen LogP contribution in [0.1, 0.15) is 18.4 Å². The third kappa shape index (κ3) is 2.16. The standard InChI is InChI=1S/C22H16ClN/c23-17-7-9-18-16(14-17)6-8-21-20(18)11-10-19(22(21)24-12-13-24)15-4-2-1-3-5-15/h1-2,4,6-14H,3,5H2. The van der Waals surface area contributed by atoms with E-state index in [9.17, 15) is 0 Å². The van der Waals surface area contributed by atoms with Crippen molar-refractivity contribution in [2.24, 2.45) is 0 Å². The molecule has 1 nitrogen and oxygen atoms in total. The highest BCUT2D eigenvalue weighted by Crippen LogP contribution is 2.42. The van der Waals surface area contributed by atoms with Crippen molar-refractivity contribution >= 4 is 44.4 Å². The number of allylic oxidation sites excluding steroid dienone is 4. The fourth-order valence-corrected chi connectivity index (χ4v) is 3.83. The number of anilines is 1.